The van der Waals surface area contributed by atoms with E-state index in [0.29, 0.717) is 40.6 Å². The summed E-state index contributed by atoms with van der Waals surface area (Å²) in [6.07, 6.45) is -0.169. The molecule has 2 aliphatic heterocycles. The van der Waals surface area contributed by atoms with Crippen LogP contribution in [0, 0.1) is 6.92 Å². The Morgan fingerprint density at radius 3 is 2.59 bits per heavy atom. The van der Waals surface area contributed by atoms with Crippen molar-refractivity contribution in [1.82, 2.24) is 34.6 Å². The van der Waals surface area contributed by atoms with Crippen molar-refractivity contribution in [2.24, 2.45) is 7.05 Å². The van der Waals surface area contributed by atoms with Gasteiger partial charge >= 0.3 is 6.18 Å². The third-order valence-electron chi connectivity index (χ3n) is 8.05. The molecule has 2 atom stereocenters. The zero-order valence-corrected chi connectivity index (χ0v) is 23.4. The Morgan fingerprint density at radius 1 is 1.12 bits per heavy atom. The monoisotopic (exact) mass is 584 g/mol. The number of likely N-dealkylation sites (N-methyl/N-ethyl adjacent to an activating group) is 1. The van der Waals surface area contributed by atoms with Crippen LogP contribution in [0.5, 0.6) is 0 Å². The largest absolute Gasteiger partial charge is 0.416 e. The molecule has 0 radical (unpaired) electrons. The van der Waals surface area contributed by atoms with Gasteiger partial charge in [0.25, 0.3) is 5.91 Å². The number of benzene rings is 2. The summed E-state index contributed by atoms with van der Waals surface area (Å²) < 4.78 is 44.5. The van der Waals surface area contributed by atoms with Crippen molar-refractivity contribution in [2.75, 3.05) is 25.5 Å². The molecule has 1 N–H and O–H groups in total. The molecule has 1 amide bonds. The average molecular weight is 585 g/mol. The highest BCUT2D eigenvalue weighted by atomic mass is 35.5. The molecular formula is C28H28ClF3N8O. The maximum atomic E-state index is 13.8. The number of aryl methyl sites for hydroxylation is 1. The molecular weight excluding hydrogens is 557 g/mol. The Hall–Kier alpha value is -3.74. The van der Waals surface area contributed by atoms with Gasteiger partial charge in [-0.15, -0.1) is 5.10 Å². The van der Waals surface area contributed by atoms with E-state index in [4.69, 9.17) is 11.6 Å². The van der Waals surface area contributed by atoms with Gasteiger partial charge in [0.05, 0.1) is 28.7 Å². The fourth-order valence-electron chi connectivity index (χ4n) is 5.68. The molecule has 4 aromatic rings. The summed E-state index contributed by atoms with van der Waals surface area (Å²) in [5.74, 6) is -0.571. The van der Waals surface area contributed by atoms with E-state index in [2.05, 4.69) is 37.6 Å². The fourth-order valence-corrected chi connectivity index (χ4v) is 5.89. The van der Waals surface area contributed by atoms with Crippen LogP contribution in [0.1, 0.15) is 33.6 Å². The van der Waals surface area contributed by atoms with E-state index in [-0.39, 0.29) is 11.3 Å². The number of fused-ring (bicyclic) bond motifs is 2. The Bertz CT molecular complexity index is 1630. The number of carbonyl (C=O) groups is 1. The molecule has 2 aliphatic rings. The highest BCUT2D eigenvalue weighted by Gasteiger charge is 2.41. The highest BCUT2D eigenvalue weighted by molar-refractivity contribution is 6.32. The SMILES string of the molecule is Cc1c(-c2cn(-c3cc(C(=O)Nc4cc(CN5CC6CC5CN6C)cc(C(F)(F)F)c4)ccc3Cl)nn2)cnn1C. The van der Waals surface area contributed by atoms with Gasteiger partial charge in [-0.25, -0.2) is 4.68 Å². The van der Waals surface area contributed by atoms with Crippen LogP contribution in [-0.4, -0.2) is 72.7 Å². The summed E-state index contributed by atoms with van der Waals surface area (Å²) in [6, 6.07) is 9.07. The van der Waals surface area contributed by atoms with E-state index in [1.54, 1.807) is 29.2 Å². The van der Waals surface area contributed by atoms with Gasteiger partial charge in [0.15, 0.2) is 0 Å². The van der Waals surface area contributed by atoms with E-state index >= 15 is 0 Å². The van der Waals surface area contributed by atoms with Gasteiger partial charge < -0.3 is 10.2 Å². The topological polar surface area (TPSA) is 84.1 Å². The second-order valence-electron chi connectivity index (χ2n) is 10.8. The summed E-state index contributed by atoms with van der Waals surface area (Å²) in [6.45, 7) is 4.02. The predicted octanol–water partition coefficient (Wildman–Crippen LogP) is 4.79. The molecule has 2 aromatic heterocycles. The number of nitrogens with zero attached hydrogens (tertiary/aromatic N) is 7. The van der Waals surface area contributed by atoms with Crippen LogP contribution >= 0.6 is 11.6 Å². The molecule has 0 spiro atoms. The molecule has 2 saturated heterocycles. The highest BCUT2D eigenvalue weighted by Crippen LogP contribution is 2.35. The molecule has 13 heteroatoms. The molecule has 9 nitrogen and oxygen atoms in total. The van der Waals surface area contributed by atoms with Crippen molar-refractivity contribution in [2.45, 2.75) is 38.1 Å². The standard InChI is InChI=1S/C28H28ClF3N8O/c1-16-23(11-33-38(16)3)25-15-40(36-35-25)26-8-18(4-5-24(26)29)27(41)34-20-7-17(6-19(9-20)28(30,31)32)12-39-14-21-10-22(39)13-37(21)2/h4-9,11,15,21-22H,10,12-14H2,1-3H3,(H,34,41). The molecule has 2 bridgehead atoms. The van der Waals surface area contributed by atoms with Crippen molar-refractivity contribution in [1.29, 1.82) is 0 Å². The van der Waals surface area contributed by atoms with E-state index in [9.17, 15) is 18.0 Å². The zero-order chi connectivity index (χ0) is 29.1. The number of amides is 1. The smallest absolute Gasteiger partial charge is 0.322 e. The van der Waals surface area contributed by atoms with Crippen LogP contribution in [0.2, 0.25) is 5.02 Å². The zero-order valence-electron chi connectivity index (χ0n) is 22.7. The van der Waals surface area contributed by atoms with Crippen molar-refractivity contribution in [3.8, 4) is 16.9 Å². The summed E-state index contributed by atoms with van der Waals surface area (Å²) in [7, 11) is 3.90. The minimum atomic E-state index is -4.55. The van der Waals surface area contributed by atoms with Gasteiger partial charge in [-0.2, -0.15) is 18.3 Å². The van der Waals surface area contributed by atoms with E-state index in [0.717, 1.165) is 42.9 Å². The van der Waals surface area contributed by atoms with E-state index in [1.807, 2.05) is 14.0 Å². The minimum absolute atomic E-state index is 0.0768. The van der Waals surface area contributed by atoms with Gasteiger partial charge in [0.2, 0.25) is 0 Å². The first-order valence-corrected chi connectivity index (χ1v) is 13.5. The van der Waals surface area contributed by atoms with Gasteiger partial charge in [-0.05, 0) is 62.4 Å². The number of aromatic nitrogens is 5. The first-order valence-electron chi connectivity index (χ1n) is 13.1. The number of anilines is 1. The third-order valence-corrected chi connectivity index (χ3v) is 8.37. The minimum Gasteiger partial charge on any atom is -0.322 e. The molecule has 41 heavy (non-hydrogen) atoms. The predicted molar refractivity (Wildman–Crippen MR) is 148 cm³/mol. The summed E-state index contributed by atoms with van der Waals surface area (Å²) in [4.78, 5) is 17.7. The van der Waals surface area contributed by atoms with Crippen LogP contribution < -0.4 is 5.32 Å². The molecule has 0 aliphatic carbocycles. The summed E-state index contributed by atoms with van der Waals surface area (Å²) in [5.41, 5.74) is 2.67. The lowest BCUT2D eigenvalue weighted by Gasteiger charge is -2.32. The van der Waals surface area contributed by atoms with E-state index in [1.165, 1.54) is 16.8 Å². The maximum absolute atomic E-state index is 13.8. The second-order valence-corrected chi connectivity index (χ2v) is 11.2. The number of alkyl halides is 3. The van der Waals surface area contributed by atoms with E-state index < -0.39 is 17.6 Å². The normalized spacial score (nSPS) is 19.3. The molecule has 4 heterocycles. The van der Waals surface area contributed by atoms with Crippen LogP contribution in [0.15, 0.2) is 48.8 Å². The van der Waals surface area contributed by atoms with Crippen LogP contribution in [0.3, 0.4) is 0 Å². The van der Waals surface area contributed by atoms with Gasteiger partial charge in [-0.3, -0.25) is 14.4 Å². The number of carbonyl (C=O) groups excluding carboxylic acids is 1. The van der Waals surface area contributed by atoms with Crippen molar-refractivity contribution in [3.05, 3.63) is 76.2 Å². The number of piperazine rings is 1. The number of rotatable bonds is 6. The van der Waals surface area contributed by atoms with Crippen molar-refractivity contribution < 1.29 is 18.0 Å². The molecule has 2 aromatic carbocycles. The Balaban J connectivity index is 1.24. The molecule has 2 unspecified atom stereocenters. The molecule has 0 saturated carbocycles. The van der Waals surface area contributed by atoms with Crippen molar-refractivity contribution >= 4 is 23.2 Å². The first-order chi connectivity index (χ1) is 19.5. The number of nitrogens with one attached hydrogen (secondary N) is 1. The van der Waals surface area contributed by atoms with Crippen LogP contribution in [-0.2, 0) is 19.8 Å². The van der Waals surface area contributed by atoms with Crippen molar-refractivity contribution in [3.63, 3.8) is 0 Å². The third kappa shape index (κ3) is 5.34. The molecule has 2 fully saturated rings. The number of likely N-dealkylation sites (tertiary alicyclic amines) is 2. The average Bonchev–Trinajstić information content (AvgIpc) is 3.69. The number of hydrogen-bond donors (Lipinski definition) is 1. The summed E-state index contributed by atoms with van der Waals surface area (Å²) >= 11 is 6.43. The molecule has 214 valence electrons. The lowest BCUT2D eigenvalue weighted by Crippen LogP contribution is -2.43. The Morgan fingerprint density at radius 2 is 1.93 bits per heavy atom. The van der Waals surface area contributed by atoms with Gasteiger partial charge in [0, 0.05) is 61.3 Å². The number of hydrogen-bond acceptors (Lipinski definition) is 6. The second kappa shape index (κ2) is 10.3. The summed E-state index contributed by atoms with van der Waals surface area (Å²) in [5, 5.41) is 15.6. The maximum Gasteiger partial charge on any atom is 0.416 e. The fraction of sp³-hybridized carbons (Fsp3) is 0.357. The van der Waals surface area contributed by atoms with Gasteiger partial charge in [-0.1, -0.05) is 16.8 Å². The quantitative estimate of drug-likeness (QED) is 0.351. The Labute approximate surface area is 239 Å². The van der Waals surface area contributed by atoms with Crippen LogP contribution in [0.4, 0.5) is 18.9 Å². The number of halogens is 4. The molecule has 6 rings (SSSR count). The lowest BCUT2D eigenvalue weighted by molar-refractivity contribution is -0.137. The van der Waals surface area contributed by atoms with Gasteiger partial charge in [0.1, 0.15) is 5.69 Å². The Kier molecular flexibility index (Phi) is 6.87. The first kappa shape index (κ1) is 27.4. The lowest BCUT2D eigenvalue weighted by atomic mass is 10.1. The van der Waals surface area contributed by atoms with Crippen LogP contribution in [0.25, 0.3) is 16.9 Å².